The van der Waals surface area contributed by atoms with Gasteiger partial charge in [-0.2, -0.15) is 0 Å². The molecule has 0 N–H and O–H groups in total. The van der Waals surface area contributed by atoms with Crippen LogP contribution in [-0.4, -0.2) is 18.9 Å². The molecule has 3 nitrogen and oxygen atoms in total. The first-order chi connectivity index (χ1) is 7.74. The van der Waals surface area contributed by atoms with Crippen molar-refractivity contribution in [2.24, 2.45) is 5.92 Å². The van der Waals surface area contributed by atoms with E-state index in [4.69, 9.17) is 0 Å². The zero-order valence-corrected chi connectivity index (χ0v) is 9.22. The first-order valence-corrected chi connectivity index (χ1v) is 5.37. The molecule has 0 aliphatic heterocycles. The molecule has 16 heavy (non-hydrogen) atoms. The van der Waals surface area contributed by atoms with Crippen LogP contribution in [0.5, 0.6) is 0 Å². The second-order valence-electron chi connectivity index (χ2n) is 3.69. The van der Waals surface area contributed by atoms with Gasteiger partial charge < -0.3 is 4.74 Å². The summed E-state index contributed by atoms with van der Waals surface area (Å²) in [5.41, 5.74) is 0.288. The van der Waals surface area contributed by atoms with Gasteiger partial charge in [0.1, 0.15) is 6.61 Å². The van der Waals surface area contributed by atoms with Crippen molar-refractivity contribution in [3.8, 4) is 0 Å². The second kappa shape index (κ2) is 6.77. The van der Waals surface area contributed by atoms with Crippen LogP contribution in [0.1, 0.15) is 19.3 Å². The third kappa shape index (κ3) is 4.26. The maximum absolute atomic E-state index is 11.2. The highest BCUT2D eigenvalue weighted by Crippen LogP contribution is 2.19. The molecule has 3 heteroatoms. The van der Waals surface area contributed by atoms with Crippen molar-refractivity contribution < 1.29 is 14.3 Å². The number of carbonyl (C=O) groups is 2. The average Bonchev–Trinajstić information content (AvgIpc) is 2.34. The lowest BCUT2D eigenvalue weighted by atomic mass is 9.93. The summed E-state index contributed by atoms with van der Waals surface area (Å²) in [6, 6.07) is 0. The van der Waals surface area contributed by atoms with Gasteiger partial charge in [-0.05, 0) is 25.2 Å². The van der Waals surface area contributed by atoms with Crippen LogP contribution in [-0.2, 0) is 14.3 Å². The molecule has 86 valence electrons. The lowest BCUT2D eigenvalue weighted by molar-refractivity contribution is -0.141. The zero-order chi connectivity index (χ0) is 11.8. The van der Waals surface area contributed by atoms with E-state index >= 15 is 0 Å². The van der Waals surface area contributed by atoms with Crippen LogP contribution in [0.15, 0.2) is 36.5 Å². The molecule has 1 atom stereocenters. The van der Waals surface area contributed by atoms with Crippen LogP contribution in [0.25, 0.3) is 0 Å². The van der Waals surface area contributed by atoms with E-state index < -0.39 is 5.97 Å². The minimum atomic E-state index is -0.533. The number of hydrogen-bond acceptors (Lipinski definition) is 3. The molecule has 0 bridgehead atoms. The molecule has 0 spiro atoms. The Labute approximate surface area is 95.5 Å². The second-order valence-corrected chi connectivity index (χ2v) is 3.69. The first kappa shape index (κ1) is 12.4. The summed E-state index contributed by atoms with van der Waals surface area (Å²) in [7, 11) is 0. The Hall–Kier alpha value is -1.64. The maximum atomic E-state index is 11.2. The van der Waals surface area contributed by atoms with Crippen molar-refractivity contribution in [3.05, 3.63) is 36.5 Å². The summed E-state index contributed by atoms with van der Waals surface area (Å²) in [6.45, 7) is 3.39. The van der Waals surface area contributed by atoms with Crippen LogP contribution >= 0.6 is 0 Å². The molecule has 0 aromatic rings. The fraction of sp³-hybridized carbons (Fsp3) is 0.385. The van der Waals surface area contributed by atoms with Crippen molar-refractivity contribution in [2.45, 2.75) is 19.3 Å². The van der Waals surface area contributed by atoms with Gasteiger partial charge in [0.05, 0.1) is 5.57 Å². The quantitative estimate of drug-likeness (QED) is 0.234. The molecule has 0 fully saturated rings. The Bertz CT molecular complexity index is 326. The molecular formula is C13H16O3. The van der Waals surface area contributed by atoms with Gasteiger partial charge in [-0.1, -0.05) is 30.9 Å². The Morgan fingerprint density at radius 1 is 1.50 bits per heavy atom. The van der Waals surface area contributed by atoms with Crippen LogP contribution in [0.2, 0.25) is 0 Å². The standard InChI is InChI=1S/C13H16O3/c1-11(13(15)16-10-9-14)7-8-12-5-3-2-4-6-12/h2-3,7-9,12H,1,4-6,10H2. The number of allylic oxidation sites excluding steroid dienone is 3. The van der Waals surface area contributed by atoms with Crippen LogP contribution in [0, 0.1) is 5.92 Å². The molecule has 0 aromatic heterocycles. The molecule has 0 saturated heterocycles. The summed E-state index contributed by atoms with van der Waals surface area (Å²) >= 11 is 0. The predicted octanol–water partition coefficient (Wildman–Crippen LogP) is 2.20. The number of aldehydes is 1. The SMILES string of the molecule is C=C(C=CC1CC=CCC1)C(=O)OCC=O. The molecule has 0 radical (unpaired) electrons. The van der Waals surface area contributed by atoms with E-state index in [1.54, 1.807) is 6.08 Å². The van der Waals surface area contributed by atoms with Crippen molar-refractivity contribution in [2.75, 3.05) is 6.61 Å². The molecule has 1 rings (SSSR count). The van der Waals surface area contributed by atoms with E-state index in [2.05, 4.69) is 23.5 Å². The van der Waals surface area contributed by atoms with Gasteiger partial charge in [-0.15, -0.1) is 0 Å². The van der Waals surface area contributed by atoms with E-state index in [0.29, 0.717) is 12.2 Å². The van der Waals surface area contributed by atoms with Crippen LogP contribution in [0.4, 0.5) is 0 Å². The fourth-order valence-corrected chi connectivity index (χ4v) is 1.51. The highest BCUT2D eigenvalue weighted by atomic mass is 16.5. The van der Waals surface area contributed by atoms with Crippen molar-refractivity contribution in [1.82, 2.24) is 0 Å². The summed E-state index contributed by atoms with van der Waals surface area (Å²) in [5, 5.41) is 0. The highest BCUT2D eigenvalue weighted by molar-refractivity contribution is 5.91. The number of hydrogen-bond donors (Lipinski definition) is 0. The summed E-state index contributed by atoms with van der Waals surface area (Å²) in [5.74, 6) is -0.0599. The smallest absolute Gasteiger partial charge is 0.337 e. The molecule has 0 aromatic carbocycles. The summed E-state index contributed by atoms with van der Waals surface area (Å²) in [4.78, 5) is 21.2. The van der Waals surface area contributed by atoms with Crippen molar-refractivity contribution in [1.29, 1.82) is 0 Å². The predicted molar refractivity (Wildman–Crippen MR) is 61.8 cm³/mol. The van der Waals surface area contributed by atoms with Crippen LogP contribution < -0.4 is 0 Å². The van der Waals surface area contributed by atoms with Crippen molar-refractivity contribution in [3.63, 3.8) is 0 Å². The molecule has 1 aliphatic rings. The molecule has 0 amide bonds. The van der Waals surface area contributed by atoms with E-state index in [9.17, 15) is 9.59 Å². The third-order valence-electron chi connectivity index (χ3n) is 2.42. The van der Waals surface area contributed by atoms with Gasteiger partial charge in [-0.25, -0.2) is 4.79 Å². The average molecular weight is 220 g/mol. The first-order valence-electron chi connectivity index (χ1n) is 5.37. The molecule has 0 heterocycles. The largest absolute Gasteiger partial charge is 0.454 e. The maximum Gasteiger partial charge on any atom is 0.337 e. The van der Waals surface area contributed by atoms with Crippen LogP contribution in [0.3, 0.4) is 0 Å². The van der Waals surface area contributed by atoms with E-state index in [0.717, 1.165) is 19.3 Å². The lowest BCUT2D eigenvalue weighted by Crippen LogP contribution is -2.08. The highest BCUT2D eigenvalue weighted by Gasteiger charge is 2.08. The van der Waals surface area contributed by atoms with Gasteiger partial charge in [0, 0.05) is 0 Å². The Morgan fingerprint density at radius 2 is 2.31 bits per heavy atom. The van der Waals surface area contributed by atoms with Gasteiger partial charge in [0.25, 0.3) is 0 Å². The fourth-order valence-electron chi connectivity index (χ4n) is 1.51. The molecular weight excluding hydrogens is 204 g/mol. The Balaban J connectivity index is 2.37. The minimum absolute atomic E-state index is 0.210. The Morgan fingerprint density at radius 3 is 2.94 bits per heavy atom. The van der Waals surface area contributed by atoms with Gasteiger partial charge in [0.15, 0.2) is 6.29 Å². The van der Waals surface area contributed by atoms with Gasteiger partial charge in [-0.3, -0.25) is 4.79 Å². The molecule has 1 unspecified atom stereocenters. The van der Waals surface area contributed by atoms with E-state index in [-0.39, 0.29) is 12.2 Å². The van der Waals surface area contributed by atoms with E-state index in [1.807, 2.05) is 6.08 Å². The zero-order valence-electron chi connectivity index (χ0n) is 9.22. The minimum Gasteiger partial charge on any atom is -0.454 e. The third-order valence-corrected chi connectivity index (χ3v) is 2.42. The number of rotatable bonds is 5. The lowest BCUT2D eigenvalue weighted by Gasteiger charge is -2.12. The normalized spacial score (nSPS) is 19.6. The summed E-state index contributed by atoms with van der Waals surface area (Å²) < 4.78 is 4.62. The van der Waals surface area contributed by atoms with Crippen molar-refractivity contribution >= 4 is 12.3 Å². The van der Waals surface area contributed by atoms with Gasteiger partial charge in [0.2, 0.25) is 0 Å². The molecule has 1 aliphatic carbocycles. The molecule has 0 saturated carbocycles. The summed E-state index contributed by atoms with van der Waals surface area (Å²) in [6.07, 6.45) is 11.7. The van der Waals surface area contributed by atoms with Gasteiger partial charge >= 0.3 is 5.97 Å². The number of esters is 1. The van der Waals surface area contributed by atoms with E-state index in [1.165, 1.54) is 0 Å². The monoisotopic (exact) mass is 220 g/mol. The number of ether oxygens (including phenoxy) is 1. The Kier molecular flexibility index (Phi) is 5.26. The number of carbonyl (C=O) groups excluding carboxylic acids is 2. The topological polar surface area (TPSA) is 43.4 Å².